The lowest BCUT2D eigenvalue weighted by Gasteiger charge is -2.31. The fourth-order valence-electron chi connectivity index (χ4n) is 9.28. The molecule has 9 rings (SSSR count). The molecule has 4 aromatic carbocycles. The largest absolute Gasteiger partial charge is 0.256 e. The number of fused-ring (bicyclic) bond motifs is 10. The predicted octanol–water partition coefficient (Wildman–Crippen LogP) is 12.5. The number of rotatable bonds is 2. The van der Waals surface area contributed by atoms with Crippen LogP contribution in [-0.4, -0.2) is 4.98 Å². The van der Waals surface area contributed by atoms with Gasteiger partial charge >= 0.3 is 0 Å². The molecule has 3 aromatic heterocycles. The summed E-state index contributed by atoms with van der Waals surface area (Å²) < 4.78 is 4.93. The number of hydrogen-bond donors (Lipinski definition) is 0. The maximum absolute atomic E-state index is 5.02. The average molecular weight is 732 g/mol. The molecule has 0 saturated heterocycles. The van der Waals surface area contributed by atoms with Crippen molar-refractivity contribution in [2.75, 3.05) is 0 Å². The highest BCUT2D eigenvalue weighted by Crippen LogP contribution is 2.45. The van der Waals surface area contributed by atoms with Crippen LogP contribution in [0.3, 0.4) is 0 Å². The zero-order valence-electron chi connectivity index (χ0n) is 34.0. The second-order valence-electron chi connectivity index (χ2n) is 18.3. The van der Waals surface area contributed by atoms with Crippen LogP contribution in [0, 0.1) is 6.92 Å². The van der Waals surface area contributed by atoms with Gasteiger partial charge in [-0.05, 0) is 99.9 Å². The van der Waals surface area contributed by atoms with Crippen molar-refractivity contribution in [1.29, 1.82) is 0 Å². The zero-order chi connectivity index (χ0) is 38.9. The molecule has 0 aliphatic carbocycles. The van der Waals surface area contributed by atoms with Crippen LogP contribution < -0.4 is 9.13 Å². The Labute approximate surface area is 333 Å². The van der Waals surface area contributed by atoms with Gasteiger partial charge in [0.05, 0.1) is 17.5 Å². The Bertz CT molecular complexity index is 2680. The van der Waals surface area contributed by atoms with Crippen LogP contribution in [0.25, 0.3) is 61.4 Å². The second kappa shape index (κ2) is 13.5. The van der Waals surface area contributed by atoms with Gasteiger partial charge in [0.25, 0.3) is 0 Å². The van der Waals surface area contributed by atoms with E-state index in [1.807, 2.05) is 6.20 Å². The molecule has 278 valence electrons. The predicted molar refractivity (Wildman–Crippen MR) is 233 cm³/mol. The summed E-state index contributed by atoms with van der Waals surface area (Å²) in [6, 6.07) is 43.8. The van der Waals surface area contributed by atoms with Gasteiger partial charge in [-0.3, -0.25) is 4.98 Å². The number of pyridine rings is 3. The molecule has 3 nitrogen and oxygen atoms in total. The summed E-state index contributed by atoms with van der Waals surface area (Å²) >= 11 is 0. The molecule has 7 aromatic rings. The van der Waals surface area contributed by atoms with E-state index in [0.717, 1.165) is 30.5 Å². The Hall–Kier alpha value is -5.67. The Morgan fingerprint density at radius 3 is 2.23 bits per heavy atom. The first-order chi connectivity index (χ1) is 26.8. The number of benzene rings is 4. The Morgan fingerprint density at radius 2 is 1.41 bits per heavy atom. The highest BCUT2D eigenvalue weighted by atomic mass is 15.0. The van der Waals surface area contributed by atoms with Gasteiger partial charge in [0.1, 0.15) is 0 Å². The molecular weight excluding hydrogens is 679 g/mol. The topological polar surface area (TPSA) is 20.6 Å². The van der Waals surface area contributed by atoms with Crippen molar-refractivity contribution in [3.63, 3.8) is 0 Å². The lowest BCUT2D eigenvalue weighted by atomic mass is 9.77. The Morgan fingerprint density at radius 1 is 0.643 bits per heavy atom. The third-order valence-corrected chi connectivity index (χ3v) is 12.4. The van der Waals surface area contributed by atoms with Gasteiger partial charge in [-0.25, -0.2) is 0 Å². The minimum Gasteiger partial charge on any atom is -0.256 e. The zero-order valence-corrected chi connectivity index (χ0v) is 34.0. The number of allylic oxidation sites excluding steroid dienone is 1. The number of hydrogen-bond acceptors (Lipinski definition) is 1. The molecule has 2 aliphatic heterocycles. The normalized spacial score (nSPS) is 16.7. The summed E-state index contributed by atoms with van der Waals surface area (Å²) in [7, 11) is 0. The smallest absolute Gasteiger partial charge is 0.218 e. The van der Waals surface area contributed by atoms with E-state index in [4.69, 9.17) is 11.6 Å². The van der Waals surface area contributed by atoms with Crippen LogP contribution >= 0.6 is 0 Å². The number of aromatic nitrogens is 3. The van der Waals surface area contributed by atoms with E-state index >= 15 is 0 Å². The minimum absolute atomic E-state index is 0.00314. The molecule has 2 atom stereocenters. The average Bonchev–Trinajstić information content (AvgIpc) is 3.19. The van der Waals surface area contributed by atoms with Crippen LogP contribution in [0.1, 0.15) is 94.2 Å². The second-order valence-corrected chi connectivity index (χ2v) is 18.3. The molecule has 0 saturated carbocycles. The van der Waals surface area contributed by atoms with Crippen LogP contribution in [0.2, 0.25) is 0 Å². The van der Waals surface area contributed by atoms with E-state index in [1.54, 1.807) is 0 Å². The Kier molecular flexibility index (Phi) is 8.69. The van der Waals surface area contributed by atoms with Crippen LogP contribution in [0.15, 0.2) is 140 Å². The van der Waals surface area contributed by atoms with Gasteiger partial charge in [-0.1, -0.05) is 114 Å². The fourth-order valence-corrected chi connectivity index (χ4v) is 9.28. The molecule has 0 amide bonds. The molecule has 0 bridgehead atoms. The molecule has 56 heavy (non-hydrogen) atoms. The van der Waals surface area contributed by atoms with Gasteiger partial charge in [0.2, 0.25) is 11.4 Å². The maximum atomic E-state index is 5.02. The highest BCUT2D eigenvalue weighted by molar-refractivity contribution is 6.03. The van der Waals surface area contributed by atoms with Gasteiger partial charge in [0.15, 0.2) is 24.1 Å². The third kappa shape index (κ3) is 6.28. The van der Waals surface area contributed by atoms with E-state index in [1.165, 1.54) is 78.0 Å². The molecule has 0 fully saturated rings. The van der Waals surface area contributed by atoms with E-state index in [9.17, 15) is 0 Å². The SMILES string of the molecule is C=C1CC2C(CCc3ccc(-c4ccc(-c5cccc(C(C)(C)C)c5)c5ncccc45)cc3-c3cc(C(C)(C)C)cc[n+]31)c1ccccc1-c1cc(C)cc[n+]12. The van der Waals surface area contributed by atoms with Gasteiger partial charge in [0, 0.05) is 52.9 Å². The first kappa shape index (κ1) is 36.0. The van der Waals surface area contributed by atoms with Crippen LogP contribution in [-0.2, 0) is 17.3 Å². The van der Waals surface area contributed by atoms with Gasteiger partial charge < -0.3 is 0 Å². The highest BCUT2D eigenvalue weighted by Gasteiger charge is 2.42. The third-order valence-electron chi connectivity index (χ3n) is 12.4. The minimum atomic E-state index is -0.00314. The molecule has 0 radical (unpaired) electrons. The van der Waals surface area contributed by atoms with Crippen LogP contribution in [0.4, 0.5) is 0 Å². The molecule has 3 heteroatoms. The van der Waals surface area contributed by atoms with E-state index in [0.29, 0.717) is 5.92 Å². The van der Waals surface area contributed by atoms with Crippen molar-refractivity contribution in [2.45, 2.75) is 90.5 Å². The first-order valence-corrected chi connectivity index (χ1v) is 20.3. The molecule has 0 spiro atoms. The summed E-state index contributed by atoms with van der Waals surface area (Å²) in [5, 5.41) is 1.17. The number of nitrogens with zero attached hydrogens (tertiary/aromatic N) is 3. The van der Waals surface area contributed by atoms with E-state index in [-0.39, 0.29) is 16.9 Å². The van der Waals surface area contributed by atoms with Gasteiger partial charge in [-0.15, -0.1) is 0 Å². The quantitative estimate of drug-likeness (QED) is 0.162. The van der Waals surface area contributed by atoms with E-state index in [2.05, 4.69) is 185 Å². The maximum Gasteiger partial charge on any atom is 0.218 e. The first-order valence-electron chi connectivity index (χ1n) is 20.3. The fraction of sp³-hybridized carbons (Fsp3) is 0.264. The van der Waals surface area contributed by atoms with Crippen molar-refractivity contribution in [2.24, 2.45) is 0 Å². The van der Waals surface area contributed by atoms with Gasteiger partial charge in [-0.2, -0.15) is 9.13 Å². The van der Waals surface area contributed by atoms with Crippen molar-refractivity contribution >= 4 is 16.6 Å². The number of aryl methyl sites for hydroxylation is 2. The summed E-state index contributed by atoms with van der Waals surface area (Å²) in [5.41, 5.74) is 18.9. The summed E-state index contributed by atoms with van der Waals surface area (Å²) in [6.07, 6.45) is 9.41. The molecule has 2 aliphatic rings. The van der Waals surface area contributed by atoms with Crippen molar-refractivity contribution in [3.8, 4) is 44.8 Å². The van der Waals surface area contributed by atoms with Crippen LogP contribution in [0.5, 0.6) is 0 Å². The molecule has 5 heterocycles. The summed E-state index contributed by atoms with van der Waals surface area (Å²) in [6.45, 7) is 20.8. The monoisotopic (exact) mass is 731 g/mol. The molecule has 2 unspecified atom stereocenters. The Balaban J connectivity index is 1.21. The standard InChI is InChI=1S/C53H53N3/c1-34-24-27-56-48(29-34)44-16-10-9-15-43(44)45-21-20-36-18-19-38(32-47(36)50-33-40(53(6,7)8)25-28-55(50)35(2)30-49(45)56)41-22-23-42(51-46(41)17-12-26-54-51)37-13-11-14-39(31-37)52(3,4)5/h9-19,22-29,31-33,45,49H,2,20-21,30H2,1,3-8H3/q+2. The molecule has 0 N–H and O–H groups in total. The lowest BCUT2D eigenvalue weighted by Crippen LogP contribution is -2.49. The van der Waals surface area contributed by atoms with Crippen molar-refractivity contribution < 1.29 is 9.13 Å². The summed E-state index contributed by atoms with van der Waals surface area (Å²) in [4.78, 5) is 5.02. The van der Waals surface area contributed by atoms with Crippen molar-refractivity contribution in [3.05, 3.63) is 168 Å². The van der Waals surface area contributed by atoms with Crippen molar-refractivity contribution in [1.82, 2.24) is 4.98 Å². The summed E-state index contributed by atoms with van der Waals surface area (Å²) in [5.74, 6) is 0.353. The lowest BCUT2D eigenvalue weighted by molar-refractivity contribution is -0.720. The van der Waals surface area contributed by atoms with E-state index < -0.39 is 0 Å². The molecular formula is C53H53N3+2.